The Bertz CT molecular complexity index is 430. The van der Waals surface area contributed by atoms with Gasteiger partial charge < -0.3 is 10.0 Å². The molecule has 0 radical (unpaired) electrons. The molecule has 1 N–H and O–H groups in total. The maximum absolute atomic E-state index is 11.5. The highest BCUT2D eigenvalue weighted by Gasteiger charge is 2.21. The van der Waals surface area contributed by atoms with E-state index in [9.17, 15) is 9.90 Å². The fourth-order valence-electron chi connectivity index (χ4n) is 2.65. The Balaban J connectivity index is 1.98. The van der Waals surface area contributed by atoms with Gasteiger partial charge >= 0.3 is 5.97 Å². The van der Waals surface area contributed by atoms with E-state index in [0.717, 1.165) is 29.7 Å². The molecule has 1 aromatic rings. The molecule has 1 unspecified atom stereocenters. The molecular weight excluding hydrogens is 306 g/mol. The van der Waals surface area contributed by atoms with Crippen molar-refractivity contribution in [3.8, 4) is 0 Å². The van der Waals surface area contributed by atoms with Gasteiger partial charge in [-0.05, 0) is 56.6 Å². The van der Waals surface area contributed by atoms with Gasteiger partial charge in [0.2, 0.25) is 0 Å². The summed E-state index contributed by atoms with van der Waals surface area (Å²) in [4.78, 5) is 13.8. The smallest absolute Gasteiger partial charge is 0.311 e. The number of piperidine rings is 1. The number of hydrogen-bond donors (Lipinski definition) is 1. The Morgan fingerprint density at radius 2 is 2.05 bits per heavy atom. The highest BCUT2D eigenvalue weighted by molar-refractivity contribution is 9.10. The van der Waals surface area contributed by atoms with Crippen LogP contribution in [0.25, 0.3) is 0 Å². The van der Waals surface area contributed by atoms with E-state index in [-0.39, 0.29) is 0 Å². The molecule has 1 aliphatic rings. The van der Waals surface area contributed by atoms with E-state index in [0.29, 0.717) is 6.42 Å². The third kappa shape index (κ3) is 4.32. The van der Waals surface area contributed by atoms with Crippen LogP contribution in [0.4, 0.5) is 0 Å². The van der Waals surface area contributed by atoms with Crippen LogP contribution in [-0.4, -0.2) is 35.6 Å². The highest BCUT2D eigenvalue weighted by Crippen LogP contribution is 2.24. The molecule has 3 nitrogen and oxygen atoms in total. The summed E-state index contributed by atoms with van der Waals surface area (Å²) in [5.74, 6) is -1.13. The molecule has 19 heavy (non-hydrogen) atoms. The van der Waals surface area contributed by atoms with E-state index in [4.69, 9.17) is 0 Å². The number of carboxylic acids is 1. The van der Waals surface area contributed by atoms with E-state index in [1.165, 1.54) is 19.3 Å². The first kappa shape index (κ1) is 14.5. The van der Waals surface area contributed by atoms with Gasteiger partial charge in [-0.25, -0.2) is 0 Å². The van der Waals surface area contributed by atoms with Crippen molar-refractivity contribution < 1.29 is 9.90 Å². The second-order valence-corrected chi connectivity index (χ2v) is 6.05. The molecule has 0 amide bonds. The Morgan fingerprint density at radius 3 is 2.68 bits per heavy atom. The minimum absolute atomic E-state index is 0.403. The minimum Gasteiger partial charge on any atom is -0.481 e. The molecule has 0 bridgehead atoms. The van der Waals surface area contributed by atoms with Crippen molar-refractivity contribution >= 4 is 21.9 Å². The lowest BCUT2D eigenvalue weighted by atomic mass is 9.95. The van der Waals surface area contributed by atoms with E-state index in [2.05, 4.69) is 20.8 Å². The van der Waals surface area contributed by atoms with Crippen LogP contribution in [0.3, 0.4) is 0 Å². The van der Waals surface area contributed by atoms with Gasteiger partial charge in [0.05, 0.1) is 5.92 Å². The minimum atomic E-state index is -0.727. The molecule has 1 aromatic carbocycles. The molecule has 1 heterocycles. The van der Waals surface area contributed by atoms with E-state index in [1.807, 2.05) is 24.3 Å². The second-order valence-electron chi connectivity index (χ2n) is 5.14. The molecule has 2 rings (SSSR count). The number of nitrogens with zero attached hydrogens (tertiary/aromatic N) is 1. The first-order chi connectivity index (χ1) is 9.16. The van der Waals surface area contributed by atoms with Crippen LogP contribution in [-0.2, 0) is 4.79 Å². The normalized spacial score (nSPS) is 18.2. The SMILES string of the molecule is O=C(O)C(CCN1CCCCC1)c1cccc(Br)c1. The maximum atomic E-state index is 11.5. The Morgan fingerprint density at radius 1 is 1.32 bits per heavy atom. The van der Waals surface area contributed by atoms with Crippen LogP contribution < -0.4 is 0 Å². The molecule has 1 aliphatic heterocycles. The van der Waals surface area contributed by atoms with Crippen molar-refractivity contribution in [1.82, 2.24) is 4.90 Å². The van der Waals surface area contributed by atoms with Crippen LogP contribution >= 0.6 is 15.9 Å². The van der Waals surface area contributed by atoms with Crippen molar-refractivity contribution in [1.29, 1.82) is 0 Å². The fourth-order valence-corrected chi connectivity index (χ4v) is 3.07. The summed E-state index contributed by atoms with van der Waals surface area (Å²) < 4.78 is 0.939. The van der Waals surface area contributed by atoms with E-state index < -0.39 is 11.9 Å². The highest BCUT2D eigenvalue weighted by atomic mass is 79.9. The number of carboxylic acid groups (broad SMARTS) is 1. The number of halogens is 1. The summed E-state index contributed by atoms with van der Waals surface area (Å²) in [6, 6.07) is 7.64. The summed E-state index contributed by atoms with van der Waals surface area (Å²) in [6.07, 6.45) is 4.49. The van der Waals surface area contributed by atoms with Gasteiger partial charge in [-0.15, -0.1) is 0 Å². The predicted molar refractivity (Wildman–Crippen MR) is 79.4 cm³/mol. The summed E-state index contributed by atoms with van der Waals surface area (Å²) in [5.41, 5.74) is 0.888. The molecule has 1 saturated heterocycles. The predicted octanol–water partition coefficient (Wildman–Crippen LogP) is 3.49. The van der Waals surface area contributed by atoms with Gasteiger partial charge in [0.1, 0.15) is 0 Å². The molecule has 104 valence electrons. The Kier molecular flexibility index (Phi) is 5.40. The zero-order valence-electron chi connectivity index (χ0n) is 11.0. The fraction of sp³-hybridized carbons (Fsp3) is 0.533. The number of carbonyl (C=O) groups is 1. The van der Waals surface area contributed by atoms with Crippen molar-refractivity contribution in [3.63, 3.8) is 0 Å². The average molecular weight is 326 g/mol. The second kappa shape index (κ2) is 7.06. The lowest BCUT2D eigenvalue weighted by Crippen LogP contribution is -2.32. The lowest BCUT2D eigenvalue weighted by Gasteiger charge is -2.27. The van der Waals surface area contributed by atoms with Crippen molar-refractivity contribution in [2.45, 2.75) is 31.6 Å². The van der Waals surface area contributed by atoms with Gasteiger partial charge in [-0.3, -0.25) is 4.79 Å². The van der Waals surface area contributed by atoms with Gasteiger partial charge in [0.25, 0.3) is 0 Å². The van der Waals surface area contributed by atoms with Crippen LogP contribution in [0.15, 0.2) is 28.7 Å². The lowest BCUT2D eigenvalue weighted by molar-refractivity contribution is -0.139. The molecule has 0 aliphatic carbocycles. The molecule has 0 spiro atoms. The summed E-state index contributed by atoms with van der Waals surface area (Å²) in [6.45, 7) is 3.11. The Labute approximate surface area is 122 Å². The number of benzene rings is 1. The maximum Gasteiger partial charge on any atom is 0.311 e. The largest absolute Gasteiger partial charge is 0.481 e. The zero-order chi connectivity index (χ0) is 13.7. The average Bonchev–Trinajstić information content (AvgIpc) is 2.40. The summed E-state index contributed by atoms with van der Waals surface area (Å²) in [5, 5.41) is 9.41. The standard InChI is InChI=1S/C15H20BrNO2/c16-13-6-4-5-12(11-13)14(15(18)19)7-10-17-8-2-1-3-9-17/h4-6,11,14H,1-3,7-10H2,(H,18,19). The number of rotatable bonds is 5. The number of likely N-dealkylation sites (tertiary alicyclic amines) is 1. The van der Waals surface area contributed by atoms with Crippen molar-refractivity contribution in [3.05, 3.63) is 34.3 Å². The van der Waals surface area contributed by atoms with Crippen molar-refractivity contribution in [2.24, 2.45) is 0 Å². The third-order valence-corrected chi connectivity index (χ3v) is 4.23. The van der Waals surface area contributed by atoms with Crippen molar-refractivity contribution in [2.75, 3.05) is 19.6 Å². The molecule has 4 heteroatoms. The van der Waals surface area contributed by atoms with E-state index in [1.54, 1.807) is 0 Å². The monoisotopic (exact) mass is 325 g/mol. The summed E-state index contributed by atoms with van der Waals surface area (Å²) >= 11 is 3.40. The molecule has 1 atom stereocenters. The zero-order valence-corrected chi connectivity index (χ0v) is 12.6. The van der Waals surface area contributed by atoms with Gasteiger partial charge in [0.15, 0.2) is 0 Å². The van der Waals surface area contributed by atoms with Gasteiger partial charge in [0, 0.05) is 4.47 Å². The van der Waals surface area contributed by atoms with Crippen LogP contribution in [0.2, 0.25) is 0 Å². The topological polar surface area (TPSA) is 40.5 Å². The van der Waals surface area contributed by atoms with E-state index >= 15 is 0 Å². The molecular formula is C15H20BrNO2. The van der Waals surface area contributed by atoms with Gasteiger partial charge in [-0.2, -0.15) is 0 Å². The molecule has 1 fully saturated rings. The molecule has 0 aromatic heterocycles. The van der Waals surface area contributed by atoms with Crippen LogP contribution in [0.1, 0.15) is 37.2 Å². The van der Waals surface area contributed by atoms with Crippen LogP contribution in [0.5, 0.6) is 0 Å². The van der Waals surface area contributed by atoms with Crippen LogP contribution in [0, 0.1) is 0 Å². The first-order valence-corrected chi connectivity index (χ1v) is 7.67. The quantitative estimate of drug-likeness (QED) is 0.900. The Hall–Kier alpha value is -0.870. The summed E-state index contributed by atoms with van der Waals surface area (Å²) in [7, 11) is 0. The first-order valence-electron chi connectivity index (χ1n) is 6.87. The van der Waals surface area contributed by atoms with Gasteiger partial charge in [-0.1, -0.05) is 34.5 Å². The number of hydrogen-bond acceptors (Lipinski definition) is 2. The third-order valence-electron chi connectivity index (χ3n) is 3.73. The number of aliphatic carboxylic acids is 1. The molecule has 0 saturated carbocycles.